The van der Waals surface area contributed by atoms with E-state index in [0.29, 0.717) is 5.02 Å². The van der Waals surface area contributed by atoms with E-state index in [4.69, 9.17) is 16.7 Å². The smallest absolute Gasteiger partial charge is 0.392 e. The van der Waals surface area contributed by atoms with Gasteiger partial charge in [0.05, 0.1) is 11.8 Å². The Morgan fingerprint density at radius 3 is 2.12 bits per heavy atom. The summed E-state index contributed by atoms with van der Waals surface area (Å²) in [4.78, 5) is 10.9. The van der Waals surface area contributed by atoms with Crippen LogP contribution in [0.25, 0.3) is 0 Å². The van der Waals surface area contributed by atoms with E-state index in [1.54, 1.807) is 0 Å². The van der Waals surface area contributed by atoms with Crippen molar-refractivity contribution in [2.24, 2.45) is 5.92 Å². The average molecular weight is 267 g/mol. The maximum Gasteiger partial charge on any atom is 0.392 e. The average Bonchev–Trinajstić information content (AvgIpc) is 2.19. The fraction of sp³-hybridized carbons (Fsp3) is 0.364. The molecule has 0 fully saturated rings. The van der Waals surface area contributed by atoms with Gasteiger partial charge in [-0.05, 0) is 17.7 Å². The molecule has 0 spiro atoms. The topological polar surface area (TPSA) is 37.3 Å². The van der Waals surface area contributed by atoms with Crippen LogP contribution in [0.1, 0.15) is 18.4 Å². The van der Waals surface area contributed by atoms with Crippen LogP contribution in [0.15, 0.2) is 24.3 Å². The zero-order valence-electron chi connectivity index (χ0n) is 8.83. The van der Waals surface area contributed by atoms with E-state index >= 15 is 0 Å². The molecule has 17 heavy (non-hydrogen) atoms. The molecule has 1 rings (SSSR count). The minimum Gasteiger partial charge on any atom is -0.481 e. The molecule has 2 nitrogen and oxygen atoms in total. The van der Waals surface area contributed by atoms with E-state index in [-0.39, 0.29) is 5.56 Å². The van der Waals surface area contributed by atoms with Gasteiger partial charge in [0.1, 0.15) is 0 Å². The maximum atomic E-state index is 12.5. The lowest BCUT2D eigenvalue weighted by Crippen LogP contribution is -2.31. The van der Waals surface area contributed by atoms with Crippen molar-refractivity contribution in [2.45, 2.75) is 19.0 Å². The first-order chi connectivity index (χ1) is 7.73. The standard InChI is InChI=1S/C11H10ClF3O2/c1-6(11(13,14)15)9(10(16)17)7-2-4-8(12)5-3-7/h2-6,9H,1H3,(H,16,17)/t6-,9-/m1/s1. The lowest BCUT2D eigenvalue weighted by Gasteiger charge is -2.23. The van der Waals surface area contributed by atoms with Crippen molar-refractivity contribution in [3.8, 4) is 0 Å². The molecule has 0 aliphatic heterocycles. The summed E-state index contributed by atoms with van der Waals surface area (Å²) < 4.78 is 37.6. The molecule has 1 aromatic rings. The van der Waals surface area contributed by atoms with Crippen LogP contribution in [0, 0.1) is 5.92 Å². The number of carbonyl (C=O) groups is 1. The van der Waals surface area contributed by atoms with Gasteiger partial charge in [0.25, 0.3) is 0 Å². The number of alkyl halides is 3. The fourth-order valence-electron chi connectivity index (χ4n) is 1.50. The Hall–Kier alpha value is -1.23. The second-order valence-electron chi connectivity index (χ2n) is 3.70. The highest BCUT2D eigenvalue weighted by atomic mass is 35.5. The molecule has 0 aromatic heterocycles. The Kier molecular flexibility index (Phi) is 4.03. The summed E-state index contributed by atoms with van der Waals surface area (Å²) in [5.41, 5.74) is 0.0896. The first-order valence-corrected chi connectivity index (χ1v) is 5.16. The van der Waals surface area contributed by atoms with E-state index in [1.807, 2.05) is 0 Å². The van der Waals surface area contributed by atoms with Crippen LogP contribution in [0.5, 0.6) is 0 Å². The van der Waals surface area contributed by atoms with Gasteiger partial charge in [-0.1, -0.05) is 30.7 Å². The lowest BCUT2D eigenvalue weighted by atomic mass is 9.87. The van der Waals surface area contributed by atoms with E-state index in [0.717, 1.165) is 6.92 Å². The highest BCUT2D eigenvalue weighted by Gasteiger charge is 2.44. The summed E-state index contributed by atoms with van der Waals surface area (Å²) in [6.45, 7) is 0.855. The highest BCUT2D eigenvalue weighted by molar-refractivity contribution is 6.30. The normalized spacial score (nSPS) is 15.4. The molecule has 94 valence electrons. The van der Waals surface area contributed by atoms with Crippen LogP contribution in [0.3, 0.4) is 0 Å². The number of hydrogen-bond acceptors (Lipinski definition) is 1. The van der Waals surface area contributed by atoms with Crippen molar-refractivity contribution in [1.29, 1.82) is 0 Å². The van der Waals surface area contributed by atoms with Gasteiger partial charge in [-0.25, -0.2) is 0 Å². The predicted octanol–water partition coefficient (Wildman–Crippen LogP) is 3.71. The Labute approximate surface area is 101 Å². The molecule has 0 saturated carbocycles. The van der Waals surface area contributed by atoms with Crippen LogP contribution in [-0.4, -0.2) is 17.3 Å². The highest BCUT2D eigenvalue weighted by Crippen LogP contribution is 2.37. The Balaban J connectivity index is 3.10. The molecule has 0 heterocycles. The third-order valence-corrected chi connectivity index (χ3v) is 2.76. The Morgan fingerprint density at radius 2 is 1.76 bits per heavy atom. The summed E-state index contributed by atoms with van der Waals surface area (Å²) in [7, 11) is 0. The van der Waals surface area contributed by atoms with E-state index < -0.39 is 24.0 Å². The summed E-state index contributed by atoms with van der Waals surface area (Å²) in [6, 6.07) is 5.33. The second-order valence-corrected chi connectivity index (χ2v) is 4.13. The van der Waals surface area contributed by atoms with E-state index in [2.05, 4.69) is 0 Å². The van der Waals surface area contributed by atoms with Crippen molar-refractivity contribution in [2.75, 3.05) is 0 Å². The van der Waals surface area contributed by atoms with E-state index in [9.17, 15) is 18.0 Å². The maximum absolute atomic E-state index is 12.5. The van der Waals surface area contributed by atoms with Crippen LogP contribution in [0.4, 0.5) is 13.2 Å². The van der Waals surface area contributed by atoms with Crippen LogP contribution in [0.2, 0.25) is 5.02 Å². The largest absolute Gasteiger partial charge is 0.481 e. The van der Waals surface area contributed by atoms with E-state index in [1.165, 1.54) is 24.3 Å². The number of carboxylic acids is 1. The Morgan fingerprint density at radius 1 is 1.29 bits per heavy atom. The van der Waals surface area contributed by atoms with Gasteiger partial charge in [0.15, 0.2) is 0 Å². The molecule has 0 amide bonds. The number of carboxylic acid groups (broad SMARTS) is 1. The molecular weight excluding hydrogens is 257 g/mol. The minimum atomic E-state index is -4.55. The molecule has 0 aliphatic carbocycles. The van der Waals surface area contributed by atoms with Crippen LogP contribution >= 0.6 is 11.6 Å². The molecular formula is C11H10ClF3O2. The van der Waals surface area contributed by atoms with Gasteiger partial charge < -0.3 is 5.11 Å². The van der Waals surface area contributed by atoms with Gasteiger partial charge >= 0.3 is 12.1 Å². The monoisotopic (exact) mass is 266 g/mol. The Bertz CT molecular complexity index is 400. The molecule has 0 radical (unpaired) electrons. The first-order valence-electron chi connectivity index (χ1n) is 4.78. The molecule has 0 unspecified atom stereocenters. The molecule has 0 bridgehead atoms. The third kappa shape index (κ3) is 3.36. The molecule has 6 heteroatoms. The minimum absolute atomic E-state index is 0.0896. The van der Waals surface area contributed by atoms with Gasteiger partial charge in [-0.3, -0.25) is 4.79 Å². The van der Waals surface area contributed by atoms with Gasteiger partial charge in [-0.15, -0.1) is 0 Å². The van der Waals surface area contributed by atoms with Crippen LogP contribution in [-0.2, 0) is 4.79 Å². The number of hydrogen-bond donors (Lipinski definition) is 1. The predicted molar refractivity (Wildman–Crippen MR) is 57.0 cm³/mol. The SMILES string of the molecule is C[C@H]([C@@H](C(=O)O)c1ccc(Cl)cc1)C(F)(F)F. The van der Waals surface area contributed by atoms with Gasteiger partial charge in [-0.2, -0.15) is 13.2 Å². The molecule has 1 N–H and O–H groups in total. The number of rotatable bonds is 3. The zero-order chi connectivity index (χ0) is 13.2. The van der Waals surface area contributed by atoms with Crippen molar-refractivity contribution in [3.05, 3.63) is 34.9 Å². The van der Waals surface area contributed by atoms with Crippen molar-refractivity contribution in [1.82, 2.24) is 0 Å². The molecule has 2 atom stereocenters. The molecule has 1 aromatic carbocycles. The van der Waals surface area contributed by atoms with Crippen molar-refractivity contribution < 1.29 is 23.1 Å². The number of aliphatic carboxylic acids is 1. The molecule has 0 saturated heterocycles. The molecule has 0 aliphatic rings. The number of benzene rings is 1. The van der Waals surface area contributed by atoms with Crippen LogP contribution < -0.4 is 0 Å². The van der Waals surface area contributed by atoms with Gasteiger partial charge in [0.2, 0.25) is 0 Å². The first kappa shape index (κ1) is 13.8. The van der Waals surface area contributed by atoms with Crippen molar-refractivity contribution >= 4 is 17.6 Å². The summed E-state index contributed by atoms with van der Waals surface area (Å²) in [6.07, 6.45) is -4.55. The summed E-state index contributed by atoms with van der Waals surface area (Å²) in [5, 5.41) is 9.24. The summed E-state index contributed by atoms with van der Waals surface area (Å²) in [5.74, 6) is -5.08. The number of halogens is 4. The van der Waals surface area contributed by atoms with Gasteiger partial charge in [0, 0.05) is 5.02 Å². The lowest BCUT2D eigenvalue weighted by molar-refractivity contribution is -0.183. The zero-order valence-corrected chi connectivity index (χ0v) is 9.59. The quantitative estimate of drug-likeness (QED) is 0.906. The summed E-state index contributed by atoms with van der Waals surface area (Å²) >= 11 is 5.60. The van der Waals surface area contributed by atoms with Crippen molar-refractivity contribution in [3.63, 3.8) is 0 Å². The fourth-order valence-corrected chi connectivity index (χ4v) is 1.63. The third-order valence-electron chi connectivity index (χ3n) is 2.51. The second kappa shape index (κ2) is 4.96.